The van der Waals surface area contributed by atoms with Gasteiger partial charge in [0.2, 0.25) is 0 Å². The van der Waals surface area contributed by atoms with Crippen molar-refractivity contribution < 1.29 is 0 Å². The van der Waals surface area contributed by atoms with Crippen LogP contribution in [-0.4, -0.2) is 0 Å². The topological polar surface area (TPSA) is 0 Å². The number of hydrogen-bond acceptors (Lipinski definition) is 0. The van der Waals surface area contributed by atoms with Crippen LogP contribution in [0.15, 0.2) is 376 Å². The predicted octanol–water partition coefficient (Wildman–Crippen LogP) is 34.1. The van der Waals surface area contributed by atoms with Crippen molar-refractivity contribution in [1.29, 1.82) is 0 Å². The average molecular weight is 1530 g/mol. The molecule has 0 aliphatic rings. The van der Waals surface area contributed by atoms with Gasteiger partial charge in [-0.2, -0.15) is 0 Å². The SMILES string of the molecule is CCc1ccc(-c2cc(-c3cc4ccccc4c4ccccc34)c3ccc4c(-c5ccc(CC)cc5)cc(-c5cc6ccccc6c6ccccc56)c5ccc2c3c45)cc1.Cc1cc(C)cc(-c2cc(-c3cc4ccccc4c4ccccc34)c3ccc4c(-c5cc(C)cc(C)c5)cc(-c5cc6ccccc6c6ccccc56)c5ccc2c3c45)c1. The lowest BCUT2D eigenvalue weighted by molar-refractivity contribution is 1.14. The molecular formula is C120H84. The Bertz CT molecular complexity index is 7840. The van der Waals surface area contributed by atoms with Gasteiger partial charge >= 0.3 is 0 Å². The molecule has 0 atom stereocenters. The van der Waals surface area contributed by atoms with E-state index in [2.05, 4.69) is 418 Å². The Labute approximate surface area is 698 Å². The minimum Gasteiger partial charge on any atom is -0.0616 e. The van der Waals surface area contributed by atoms with Crippen LogP contribution >= 0.6 is 0 Å². The highest BCUT2D eigenvalue weighted by Gasteiger charge is 2.27. The Hall–Kier alpha value is -14.6. The minimum atomic E-state index is 1.02. The molecule has 0 fully saturated rings. The van der Waals surface area contributed by atoms with Gasteiger partial charge in [0.25, 0.3) is 0 Å². The standard InChI is InChI=1S/2C60H42/c1-35-25-36(2)28-41(27-35)53-33-57(55-31-39-13-5-7-15-43(39)45-17-9-11-19-47(45)55)51-24-22-50-54(42-29-37(3)26-38(4)30-42)34-58(52-23-21-49(53)59(51)60(50)52)56-32-40-14-6-8-16-44(40)46-18-10-12-20-48(46)56;1-3-37-21-25-39(26-22-37)53-35-57(55-33-41-13-5-7-15-43(41)45-17-9-11-19-47(45)55)51-32-30-50-54(40-27-23-38(4-2)24-28-40)36-58(52-31-29-49(53)59(51)60(50)52)56-34-42-14-6-8-16-44(42)46-18-10-12-20-48(46)56/h5-34H,1-4H3;5-36H,3-4H2,1-2H3. The molecule has 0 aliphatic carbocycles. The van der Waals surface area contributed by atoms with Crippen LogP contribution in [0.25, 0.3) is 240 Å². The summed E-state index contributed by atoms with van der Waals surface area (Å²) < 4.78 is 0. The second kappa shape index (κ2) is 28.1. The van der Waals surface area contributed by atoms with Gasteiger partial charge in [0.15, 0.2) is 0 Å². The lowest BCUT2D eigenvalue weighted by Crippen LogP contribution is -1.96. The third-order valence-corrected chi connectivity index (χ3v) is 26.4. The first kappa shape index (κ1) is 70.8. The normalized spacial score (nSPS) is 12.0. The number of fused-ring (bicyclic) bond motifs is 12. The summed E-state index contributed by atoms with van der Waals surface area (Å²) in [7, 11) is 0. The lowest BCUT2D eigenvalue weighted by Gasteiger charge is -2.23. The van der Waals surface area contributed by atoms with Crippen LogP contribution < -0.4 is 0 Å². The van der Waals surface area contributed by atoms with Crippen molar-refractivity contribution in [2.45, 2.75) is 54.4 Å². The summed E-state index contributed by atoms with van der Waals surface area (Å²) in [6.07, 6.45) is 2.03. The fraction of sp³-hybridized carbons (Fsp3) is 0.0667. The minimum absolute atomic E-state index is 1.02. The van der Waals surface area contributed by atoms with Gasteiger partial charge in [-0.15, -0.1) is 0 Å². The maximum Gasteiger partial charge on any atom is -0.00139 e. The quantitative estimate of drug-likeness (QED) is 0.120. The Balaban J connectivity index is 0.000000140. The monoisotopic (exact) mass is 1520 g/mol. The molecule has 0 aliphatic heterocycles. The van der Waals surface area contributed by atoms with Crippen LogP contribution in [0.3, 0.4) is 0 Å². The smallest absolute Gasteiger partial charge is 0.00139 e. The van der Waals surface area contributed by atoms with Crippen molar-refractivity contribution in [3.63, 3.8) is 0 Å². The van der Waals surface area contributed by atoms with Crippen molar-refractivity contribution in [3.05, 3.63) is 409 Å². The molecule has 0 radical (unpaired) electrons. The van der Waals surface area contributed by atoms with E-state index in [9.17, 15) is 0 Å². The Kier molecular flexibility index (Phi) is 16.6. The van der Waals surface area contributed by atoms with Crippen LogP contribution in [0.4, 0.5) is 0 Å². The van der Waals surface area contributed by atoms with E-state index in [1.165, 1.54) is 273 Å². The van der Waals surface area contributed by atoms with E-state index >= 15 is 0 Å². The van der Waals surface area contributed by atoms with E-state index in [1.54, 1.807) is 0 Å². The van der Waals surface area contributed by atoms with Crippen LogP contribution in [0.5, 0.6) is 0 Å². The third-order valence-electron chi connectivity index (χ3n) is 26.4. The molecule has 0 spiro atoms. The van der Waals surface area contributed by atoms with Gasteiger partial charge in [-0.25, -0.2) is 0 Å². The van der Waals surface area contributed by atoms with Gasteiger partial charge < -0.3 is 0 Å². The molecule has 0 unspecified atom stereocenters. The molecule has 24 rings (SSSR count). The largest absolute Gasteiger partial charge is 0.0616 e. The summed E-state index contributed by atoms with van der Waals surface area (Å²) in [5.41, 5.74) is 28.0. The molecule has 0 aromatic heterocycles. The van der Waals surface area contributed by atoms with Crippen molar-refractivity contribution in [1.82, 2.24) is 0 Å². The van der Waals surface area contributed by atoms with Gasteiger partial charge in [0.1, 0.15) is 0 Å². The predicted molar refractivity (Wildman–Crippen MR) is 522 cm³/mol. The van der Waals surface area contributed by atoms with Crippen LogP contribution in [0.2, 0.25) is 0 Å². The number of rotatable bonds is 10. The summed E-state index contributed by atoms with van der Waals surface area (Å²) in [4.78, 5) is 0. The lowest BCUT2D eigenvalue weighted by atomic mass is 9.80. The van der Waals surface area contributed by atoms with E-state index in [0.29, 0.717) is 0 Å². The zero-order valence-corrected chi connectivity index (χ0v) is 68.2. The van der Waals surface area contributed by atoms with Crippen LogP contribution in [0, 0.1) is 27.7 Å². The molecule has 24 aromatic rings. The molecular weight excluding hydrogens is 1440 g/mol. The Morgan fingerprint density at radius 3 is 0.567 bits per heavy atom. The highest BCUT2D eigenvalue weighted by Crippen LogP contribution is 2.55. The van der Waals surface area contributed by atoms with Crippen molar-refractivity contribution >= 4 is 151 Å². The van der Waals surface area contributed by atoms with Gasteiger partial charge in [0.05, 0.1) is 0 Å². The van der Waals surface area contributed by atoms with E-state index in [4.69, 9.17) is 0 Å². The van der Waals surface area contributed by atoms with E-state index < -0.39 is 0 Å². The average Bonchev–Trinajstić information content (AvgIpc) is 0.704. The molecule has 0 nitrogen and oxygen atoms in total. The summed E-state index contributed by atoms with van der Waals surface area (Å²) in [5.74, 6) is 0. The molecule has 120 heavy (non-hydrogen) atoms. The second-order valence-corrected chi connectivity index (χ2v) is 33.6. The van der Waals surface area contributed by atoms with Crippen molar-refractivity contribution in [2.24, 2.45) is 0 Å². The first-order valence-electron chi connectivity index (χ1n) is 42.6. The van der Waals surface area contributed by atoms with Gasteiger partial charge in [-0.1, -0.05) is 364 Å². The molecule has 0 amide bonds. The van der Waals surface area contributed by atoms with Crippen molar-refractivity contribution in [2.75, 3.05) is 0 Å². The Morgan fingerprint density at radius 1 is 0.142 bits per heavy atom. The first-order chi connectivity index (χ1) is 59.0. The van der Waals surface area contributed by atoms with Gasteiger partial charge in [0, 0.05) is 0 Å². The summed E-state index contributed by atoms with van der Waals surface area (Å²) in [6, 6.07) is 143. The molecule has 0 N–H and O–H groups in total. The Morgan fingerprint density at radius 2 is 0.333 bits per heavy atom. The molecule has 564 valence electrons. The molecule has 0 bridgehead atoms. The summed E-state index contributed by atoms with van der Waals surface area (Å²) in [6.45, 7) is 13.4. The fourth-order valence-corrected chi connectivity index (χ4v) is 21.0. The summed E-state index contributed by atoms with van der Waals surface area (Å²) >= 11 is 0. The molecule has 0 heteroatoms. The maximum absolute atomic E-state index is 2.50. The fourth-order valence-electron chi connectivity index (χ4n) is 21.0. The van der Waals surface area contributed by atoms with E-state index in [0.717, 1.165) is 12.8 Å². The highest BCUT2D eigenvalue weighted by atomic mass is 14.3. The molecule has 0 saturated carbocycles. The number of benzene rings is 24. The second-order valence-electron chi connectivity index (χ2n) is 33.6. The van der Waals surface area contributed by atoms with E-state index in [1.807, 2.05) is 0 Å². The maximum atomic E-state index is 2.50. The number of aryl methyl sites for hydroxylation is 6. The van der Waals surface area contributed by atoms with Crippen LogP contribution in [0.1, 0.15) is 47.2 Å². The van der Waals surface area contributed by atoms with Crippen molar-refractivity contribution in [3.8, 4) is 89.0 Å². The summed E-state index contributed by atoms with van der Waals surface area (Å²) in [5, 5.41) is 36.0. The van der Waals surface area contributed by atoms with Gasteiger partial charge in [-0.05, 0) is 340 Å². The third kappa shape index (κ3) is 11.3. The zero-order chi connectivity index (χ0) is 80.1. The first-order valence-corrected chi connectivity index (χ1v) is 42.6. The molecule has 0 heterocycles. The van der Waals surface area contributed by atoms with Gasteiger partial charge in [-0.3, -0.25) is 0 Å². The highest BCUT2D eigenvalue weighted by molar-refractivity contribution is 6.36. The van der Waals surface area contributed by atoms with Crippen LogP contribution in [-0.2, 0) is 12.8 Å². The van der Waals surface area contributed by atoms with E-state index in [-0.39, 0.29) is 0 Å². The molecule has 24 aromatic carbocycles. The molecule has 0 saturated heterocycles. The number of hydrogen-bond donors (Lipinski definition) is 0. The zero-order valence-electron chi connectivity index (χ0n) is 68.2.